The van der Waals surface area contributed by atoms with Gasteiger partial charge in [0.15, 0.2) is 15.0 Å². The topological polar surface area (TPSA) is 76.0 Å². The smallest absolute Gasteiger partial charge is 0.274 e. The molecule has 0 radical (unpaired) electrons. The van der Waals surface area contributed by atoms with E-state index >= 15 is 0 Å². The third-order valence-electron chi connectivity index (χ3n) is 3.74. The maximum atomic E-state index is 12.0. The number of benzene rings is 1. The summed E-state index contributed by atoms with van der Waals surface area (Å²) in [6.45, 7) is -0.132. The molecule has 2 aliphatic heterocycles. The van der Waals surface area contributed by atoms with Crippen molar-refractivity contribution in [3.63, 3.8) is 0 Å². The van der Waals surface area contributed by atoms with Gasteiger partial charge in [0, 0.05) is 18.0 Å². The highest BCUT2D eigenvalue weighted by atomic mass is 35.5. The van der Waals surface area contributed by atoms with Gasteiger partial charge in [-0.2, -0.15) is 4.99 Å². The first-order chi connectivity index (χ1) is 11.3. The standard InChI is InChI=1S/C14H14Cl2N2O4S2/c1-22-5-13(19)17-14-18(8-2-3-9(15)10(16)4-8)11-6-24(20,21)7-12(11)23-14/h2-4,11-12H,5-7H2,1H3/t11-,12+/m1/s1. The first kappa shape index (κ1) is 18.0. The van der Waals surface area contributed by atoms with Crippen LogP contribution in [0, 0.1) is 0 Å². The average molecular weight is 409 g/mol. The van der Waals surface area contributed by atoms with E-state index in [1.165, 1.54) is 18.9 Å². The average Bonchev–Trinajstić information content (AvgIpc) is 2.93. The number of rotatable bonds is 3. The molecule has 0 N–H and O–H groups in total. The Bertz CT molecular complexity index is 813. The summed E-state index contributed by atoms with van der Waals surface area (Å²) in [5.74, 6) is -0.340. The first-order valence-corrected chi connectivity index (χ1v) is 10.5. The van der Waals surface area contributed by atoms with Gasteiger partial charge in [-0.1, -0.05) is 35.0 Å². The number of anilines is 1. The fourth-order valence-electron chi connectivity index (χ4n) is 2.76. The van der Waals surface area contributed by atoms with Crippen LogP contribution in [-0.4, -0.2) is 56.0 Å². The molecule has 1 aromatic rings. The zero-order valence-electron chi connectivity index (χ0n) is 12.6. The van der Waals surface area contributed by atoms with Crippen molar-refractivity contribution in [2.24, 2.45) is 4.99 Å². The van der Waals surface area contributed by atoms with Gasteiger partial charge in [0.05, 0.1) is 27.6 Å². The van der Waals surface area contributed by atoms with E-state index in [0.717, 1.165) is 0 Å². The SMILES string of the molecule is COCC(=O)N=C1S[C@H]2CS(=O)(=O)C[C@H]2N1c1ccc(Cl)c(Cl)c1. The largest absolute Gasteiger partial charge is 0.375 e. The molecule has 0 aliphatic carbocycles. The number of methoxy groups -OCH3 is 1. The Morgan fingerprint density at radius 3 is 2.79 bits per heavy atom. The van der Waals surface area contributed by atoms with E-state index in [1.54, 1.807) is 23.1 Å². The van der Waals surface area contributed by atoms with Crippen molar-refractivity contribution in [2.75, 3.05) is 30.1 Å². The molecule has 2 aliphatic rings. The highest BCUT2D eigenvalue weighted by Crippen LogP contribution is 2.42. The third-order valence-corrected chi connectivity index (χ3v) is 7.68. The maximum Gasteiger partial charge on any atom is 0.274 e. The van der Waals surface area contributed by atoms with Crippen molar-refractivity contribution in [3.05, 3.63) is 28.2 Å². The number of carbonyl (C=O) groups excluding carboxylic acids is 1. The normalized spacial score (nSPS) is 26.8. The summed E-state index contributed by atoms with van der Waals surface area (Å²) < 4.78 is 28.7. The van der Waals surface area contributed by atoms with Crippen molar-refractivity contribution in [2.45, 2.75) is 11.3 Å². The van der Waals surface area contributed by atoms with Gasteiger partial charge in [-0.3, -0.25) is 4.79 Å². The van der Waals surface area contributed by atoms with Crippen molar-refractivity contribution in [3.8, 4) is 0 Å². The Kier molecular flexibility index (Phi) is 5.13. The number of aliphatic imine (C=N–C) groups is 1. The second-order valence-electron chi connectivity index (χ2n) is 5.49. The van der Waals surface area contributed by atoms with E-state index in [-0.39, 0.29) is 29.4 Å². The number of thioether (sulfide) groups is 1. The van der Waals surface area contributed by atoms with Crippen molar-refractivity contribution in [1.82, 2.24) is 0 Å². The highest BCUT2D eigenvalue weighted by Gasteiger charge is 2.49. The first-order valence-electron chi connectivity index (χ1n) is 7.02. The Morgan fingerprint density at radius 2 is 2.12 bits per heavy atom. The van der Waals surface area contributed by atoms with E-state index in [1.807, 2.05) is 0 Å². The van der Waals surface area contributed by atoms with Crippen molar-refractivity contribution < 1.29 is 17.9 Å². The molecule has 1 amide bonds. The number of ether oxygens (including phenoxy) is 1. The summed E-state index contributed by atoms with van der Waals surface area (Å²) in [5, 5.41) is 1.04. The zero-order valence-corrected chi connectivity index (χ0v) is 15.8. The molecule has 2 atom stereocenters. The molecule has 10 heteroatoms. The predicted octanol–water partition coefficient (Wildman–Crippen LogP) is 2.24. The van der Waals surface area contributed by atoms with Gasteiger partial charge in [0.25, 0.3) is 5.91 Å². The number of sulfone groups is 1. The van der Waals surface area contributed by atoms with Crippen LogP contribution < -0.4 is 4.90 Å². The van der Waals surface area contributed by atoms with Crippen LogP contribution in [0.1, 0.15) is 0 Å². The molecule has 0 saturated carbocycles. The fraction of sp³-hybridized carbons (Fsp3) is 0.429. The second-order valence-corrected chi connectivity index (χ2v) is 9.66. The summed E-state index contributed by atoms with van der Waals surface area (Å²) in [5.41, 5.74) is 0.658. The second kappa shape index (κ2) is 6.84. The van der Waals surface area contributed by atoms with E-state index in [4.69, 9.17) is 27.9 Å². The van der Waals surface area contributed by atoms with Crippen LogP contribution in [0.3, 0.4) is 0 Å². The number of amidine groups is 1. The Balaban J connectivity index is 2.01. The van der Waals surface area contributed by atoms with Crippen LogP contribution in [0.4, 0.5) is 5.69 Å². The molecule has 0 bridgehead atoms. The van der Waals surface area contributed by atoms with Crippen LogP contribution in [0.25, 0.3) is 0 Å². The zero-order chi connectivity index (χ0) is 17.5. The minimum atomic E-state index is -3.11. The summed E-state index contributed by atoms with van der Waals surface area (Å²) >= 11 is 13.3. The molecule has 0 unspecified atom stereocenters. The number of carbonyl (C=O) groups is 1. The molecular formula is C14H14Cl2N2O4S2. The third kappa shape index (κ3) is 3.57. The minimum Gasteiger partial charge on any atom is -0.375 e. The van der Waals surface area contributed by atoms with E-state index < -0.39 is 15.7 Å². The summed E-state index contributed by atoms with van der Waals surface area (Å²) in [7, 11) is -1.70. The number of amides is 1. The molecule has 130 valence electrons. The lowest BCUT2D eigenvalue weighted by atomic mass is 10.2. The van der Waals surface area contributed by atoms with Crippen LogP contribution in [0.2, 0.25) is 10.0 Å². The number of nitrogens with zero attached hydrogens (tertiary/aromatic N) is 2. The lowest BCUT2D eigenvalue weighted by Gasteiger charge is -2.24. The quantitative estimate of drug-likeness (QED) is 0.762. The van der Waals surface area contributed by atoms with Crippen LogP contribution in [0.5, 0.6) is 0 Å². The molecule has 2 heterocycles. The van der Waals surface area contributed by atoms with Crippen molar-refractivity contribution in [1.29, 1.82) is 0 Å². The van der Waals surface area contributed by atoms with Gasteiger partial charge >= 0.3 is 0 Å². The fourth-order valence-corrected chi connectivity index (χ4v) is 6.99. The Morgan fingerprint density at radius 1 is 1.38 bits per heavy atom. The number of halogens is 2. The van der Waals surface area contributed by atoms with Crippen molar-refractivity contribution >= 4 is 61.6 Å². The number of hydrogen-bond acceptors (Lipinski definition) is 5. The summed E-state index contributed by atoms with van der Waals surface area (Å²) in [6.07, 6.45) is 0. The van der Waals surface area contributed by atoms with E-state index in [0.29, 0.717) is 20.9 Å². The molecular weight excluding hydrogens is 395 g/mol. The van der Waals surface area contributed by atoms with E-state index in [9.17, 15) is 13.2 Å². The lowest BCUT2D eigenvalue weighted by molar-refractivity contribution is -0.121. The highest BCUT2D eigenvalue weighted by molar-refractivity contribution is 8.16. The predicted molar refractivity (Wildman–Crippen MR) is 97.1 cm³/mol. The lowest BCUT2D eigenvalue weighted by Crippen LogP contribution is -2.37. The Hall–Kier alpha value is -0.800. The van der Waals surface area contributed by atoms with Gasteiger partial charge in [0.2, 0.25) is 0 Å². The Labute approximate surface area is 154 Å². The number of fused-ring (bicyclic) bond motifs is 1. The molecule has 0 spiro atoms. The monoisotopic (exact) mass is 408 g/mol. The van der Waals surface area contributed by atoms with Gasteiger partial charge in [-0.25, -0.2) is 8.42 Å². The van der Waals surface area contributed by atoms with Gasteiger partial charge in [-0.15, -0.1) is 0 Å². The molecule has 2 saturated heterocycles. The molecule has 0 aromatic heterocycles. The summed E-state index contributed by atoms with van der Waals surface area (Å²) in [4.78, 5) is 17.7. The van der Waals surface area contributed by atoms with Crippen LogP contribution >= 0.6 is 35.0 Å². The number of hydrogen-bond donors (Lipinski definition) is 0. The molecule has 3 rings (SSSR count). The van der Waals surface area contributed by atoms with E-state index in [2.05, 4.69) is 4.99 Å². The molecule has 24 heavy (non-hydrogen) atoms. The molecule has 1 aromatic carbocycles. The maximum absolute atomic E-state index is 12.0. The van der Waals surface area contributed by atoms with Crippen LogP contribution in [-0.2, 0) is 19.4 Å². The summed E-state index contributed by atoms with van der Waals surface area (Å²) in [6, 6.07) is 4.73. The van der Waals surface area contributed by atoms with Gasteiger partial charge in [0.1, 0.15) is 6.61 Å². The van der Waals surface area contributed by atoms with Gasteiger partial charge in [-0.05, 0) is 18.2 Å². The minimum absolute atomic E-state index is 0.0163. The molecule has 6 nitrogen and oxygen atoms in total. The van der Waals surface area contributed by atoms with Crippen LogP contribution in [0.15, 0.2) is 23.2 Å². The molecule has 2 fully saturated rings. The van der Waals surface area contributed by atoms with Gasteiger partial charge < -0.3 is 9.64 Å².